The molecule has 3 aromatic rings. The van der Waals surface area contributed by atoms with E-state index in [4.69, 9.17) is 19.9 Å². The van der Waals surface area contributed by atoms with Gasteiger partial charge in [-0.15, -0.1) is 0 Å². The SMILES string of the molecule is CCOc1ccc(-c2nc(N)nc3ccc(OCCN4CCN(C)CC4)cc23)cc1OCCO. The van der Waals surface area contributed by atoms with Crippen molar-refractivity contribution in [3.05, 3.63) is 36.4 Å². The number of nitrogens with two attached hydrogens (primary N) is 1. The molecular formula is C25H33N5O4. The number of fused-ring (bicyclic) bond motifs is 1. The van der Waals surface area contributed by atoms with Crippen molar-refractivity contribution in [2.24, 2.45) is 0 Å². The lowest BCUT2D eigenvalue weighted by Crippen LogP contribution is -2.45. The number of rotatable bonds is 10. The zero-order valence-corrected chi connectivity index (χ0v) is 19.9. The summed E-state index contributed by atoms with van der Waals surface area (Å²) in [6.07, 6.45) is 0. The Labute approximate surface area is 200 Å². The van der Waals surface area contributed by atoms with Crippen LogP contribution in [0.1, 0.15) is 6.92 Å². The minimum Gasteiger partial charge on any atom is -0.492 e. The van der Waals surface area contributed by atoms with E-state index in [2.05, 4.69) is 26.8 Å². The molecule has 0 amide bonds. The summed E-state index contributed by atoms with van der Waals surface area (Å²) < 4.78 is 17.4. The lowest BCUT2D eigenvalue weighted by Gasteiger charge is -2.32. The summed E-state index contributed by atoms with van der Waals surface area (Å²) in [6.45, 7) is 8.30. The van der Waals surface area contributed by atoms with E-state index in [1.165, 1.54) is 0 Å². The number of aliphatic hydroxyl groups is 1. The van der Waals surface area contributed by atoms with E-state index < -0.39 is 0 Å². The molecule has 1 aliphatic rings. The molecular weight excluding hydrogens is 434 g/mol. The average molecular weight is 468 g/mol. The number of benzene rings is 2. The van der Waals surface area contributed by atoms with Crippen molar-refractivity contribution < 1.29 is 19.3 Å². The number of likely N-dealkylation sites (N-methyl/N-ethyl adjacent to an activating group) is 1. The van der Waals surface area contributed by atoms with Gasteiger partial charge in [0.25, 0.3) is 0 Å². The fraction of sp³-hybridized carbons (Fsp3) is 0.440. The quantitative estimate of drug-likeness (QED) is 0.464. The molecule has 34 heavy (non-hydrogen) atoms. The molecule has 9 nitrogen and oxygen atoms in total. The molecule has 0 aliphatic carbocycles. The van der Waals surface area contributed by atoms with Crippen molar-refractivity contribution >= 4 is 16.9 Å². The van der Waals surface area contributed by atoms with Gasteiger partial charge < -0.3 is 30.0 Å². The van der Waals surface area contributed by atoms with Crippen molar-refractivity contribution in [1.82, 2.24) is 19.8 Å². The predicted molar refractivity (Wildman–Crippen MR) is 133 cm³/mol. The van der Waals surface area contributed by atoms with Gasteiger partial charge in [-0.2, -0.15) is 0 Å². The number of nitrogens with zero attached hydrogens (tertiary/aromatic N) is 4. The molecule has 3 N–H and O–H groups in total. The summed E-state index contributed by atoms with van der Waals surface area (Å²) >= 11 is 0. The van der Waals surface area contributed by atoms with E-state index in [0.29, 0.717) is 30.4 Å². The Hall–Kier alpha value is -3.14. The third kappa shape index (κ3) is 5.85. The summed E-state index contributed by atoms with van der Waals surface area (Å²) in [5.74, 6) is 2.11. The predicted octanol–water partition coefficient (Wildman–Crippen LogP) is 2.27. The van der Waals surface area contributed by atoms with Gasteiger partial charge in [0.15, 0.2) is 11.5 Å². The van der Waals surface area contributed by atoms with Crippen LogP contribution in [0.4, 0.5) is 5.95 Å². The van der Waals surface area contributed by atoms with Crippen LogP contribution < -0.4 is 19.9 Å². The third-order valence-corrected chi connectivity index (χ3v) is 5.82. The highest BCUT2D eigenvalue weighted by molar-refractivity contribution is 5.94. The normalized spacial score (nSPS) is 14.9. The second-order valence-corrected chi connectivity index (χ2v) is 8.27. The Kier molecular flexibility index (Phi) is 7.99. The van der Waals surface area contributed by atoms with Crippen LogP contribution in [0.15, 0.2) is 36.4 Å². The monoisotopic (exact) mass is 467 g/mol. The molecule has 0 bridgehead atoms. The smallest absolute Gasteiger partial charge is 0.221 e. The highest BCUT2D eigenvalue weighted by atomic mass is 16.5. The van der Waals surface area contributed by atoms with Crippen molar-refractivity contribution in [2.75, 3.05) is 71.9 Å². The first-order valence-electron chi connectivity index (χ1n) is 11.7. The van der Waals surface area contributed by atoms with Gasteiger partial charge in [-0.3, -0.25) is 4.90 Å². The maximum Gasteiger partial charge on any atom is 0.221 e. The van der Waals surface area contributed by atoms with Crippen LogP contribution >= 0.6 is 0 Å². The fourth-order valence-electron chi connectivity index (χ4n) is 4.00. The molecule has 2 aromatic carbocycles. The van der Waals surface area contributed by atoms with E-state index in [0.717, 1.165) is 54.9 Å². The number of ether oxygens (including phenoxy) is 3. The van der Waals surface area contributed by atoms with Crippen molar-refractivity contribution in [1.29, 1.82) is 0 Å². The number of anilines is 1. The molecule has 1 fully saturated rings. The Morgan fingerprint density at radius 1 is 0.941 bits per heavy atom. The van der Waals surface area contributed by atoms with Gasteiger partial charge in [-0.05, 0) is 50.4 Å². The summed E-state index contributed by atoms with van der Waals surface area (Å²) in [5.41, 5.74) is 8.25. The molecule has 1 aliphatic heterocycles. The van der Waals surface area contributed by atoms with E-state index in [-0.39, 0.29) is 19.2 Å². The van der Waals surface area contributed by atoms with Crippen molar-refractivity contribution in [2.45, 2.75) is 6.92 Å². The number of aliphatic hydroxyl groups excluding tert-OH is 1. The first kappa shape index (κ1) is 24.0. The second-order valence-electron chi connectivity index (χ2n) is 8.27. The Balaban J connectivity index is 1.58. The molecule has 0 radical (unpaired) electrons. The van der Waals surface area contributed by atoms with Crippen LogP contribution in [0.3, 0.4) is 0 Å². The number of piperazine rings is 1. The first-order chi connectivity index (χ1) is 16.6. The van der Waals surface area contributed by atoms with Gasteiger partial charge in [0.05, 0.1) is 24.4 Å². The van der Waals surface area contributed by atoms with E-state index >= 15 is 0 Å². The minimum absolute atomic E-state index is 0.0893. The molecule has 182 valence electrons. The Morgan fingerprint density at radius 2 is 1.76 bits per heavy atom. The Morgan fingerprint density at radius 3 is 2.53 bits per heavy atom. The number of hydrogen-bond donors (Lipinski definition) is 2. The molecule has 1 aromatic heterocycles. The summed E-state index contributed by atoms with van der Waals surface area (Å²) in [5, 5.41) is 10.0. The molecule has 0 saturated carbocycles. The summed E-state index contributed by atoms with van der Waals surface area (Å²) in [6, 6.07) is 11.4. The fourth-order valence-corrected chi connectivity index (χ4v) is 4.00. The highest BCUT2D eigenvalue weighted by Gasteiger charge is 2.15. The number of nitrogen functional groups attached to an aromatic ring is 1. The molecule has 9 heteroatoms. The molecule has 0 spiro atoms. The van der Waals surface area contributed by atoms with Crippen LogP contribution in [-0.4, -0.2) is 91.1 Å². The lowest BCUT2D eigenvalue weighted by atomic mass is 10.1. The first-order valence-corrected chi connectivity index (χ1v) is 11.7. The zero-order chi connectivity index (χ0) is 23.9. The molecule has 0 unspecified atom stereocenters. The maximum atomic E-state index is 9.19. The van der Waals surface area contributed by atoms with Gasteiger partial charge in [0.1, 0.15) is 19.0 Å². The van der Waals surface area contributed by atoms with Crippen LogP contribution in [0.2, 0.25) is 0 Å². The number of hydrogen-bond acceptors (Lipinski definition) is 9. The van der Waals surface area contributed by atoms with Gasteiger partial charge in [0, 0.05) is 43.7 Å². The van der Waals surface area contributed by atoms with Crippen LogP contribution in [0.25, 0.3) is 22.2 Å². The van der Waals surface area contributed by atoms with E-state index in [9.17, 15) is 5.11 Å². The standard InChI is InChI=1S/C25H33N5O4/c1-3-32-22-7-4-18(16-23(22)34-15-13-31)24-20-17-19(5-6-21(20)27-25(26)28-24)33-14-12-30-10-8-29(2)9-11-30/h4-7,16-17,31H,3,8-15H2,1-2H3,(H2,26,27,28). The second kappa shape index (κ2) is 11.3. The van der Waals surface area contributed by atoms with Crippen molar-refractivity contribution in [3.63, 3.8) is 0 Å². The van der Waals surface area contributed by atoms with E-state index in [1.807, 2.05) is 43.3 Å². The van der Waals surface area contributed by atoms with Crippen LogP contribution in [0, 0.1) is 0 Å². The summed E-state index contributed by atoms with van der Waals surface area (Å²) in [7, 11) is 2.15. The van der Waals surface area contributed by atoms with Gasteiger partial charge >= 0.3 is 0 Å². The topological polar surface area (TPSA) is 106 Å². The summed E-state index contributed by atoms with van der Waals surface area (Å²) in [4.78, 5) is 13.7. The lowest BCUT2D eigenvalue weighted by molar-refractivity contribution is 0.134. The highest BCUT2D eigenvalue weighted by Crippen LogP contribution is 2.36. The van der Waals surface area contributed by atoms with Gasteiger partial charge in [-0.25, -0.2) is 9.97 Å². The maximum absolute atomic E-state index is 9.19. The Bertz CT molecular complexity index is 1100. The molecule has 4 rings (SSSR count). The number of aromatic nitrogens is 2. The molecule has 1 saturated heterocycles. The molecule has 2 heterocycles. The van der Waals surface area contributed by atoms with Gasteiger partial charge in [-0.1, -0.05) is 0 Å². The van der Waals surface area contributed by atoms with Crippen LogP contribution in [-0.2, 0) is 0 Å². The van der Waals surface area contributed by atoms with Gasteiger partial charge in [0.2, 0.25) is 5.95 Å². The third-order valence-electron chi connectivity index (χ3n) is 5.82. The van der Waals surface area contributed by atoms with E-state index in [1.54, 1.807) is 0 Å². The zero-order valence-electron chi connectivity index (χ0n) is 19.9. The molecule has 0 atom stereocenters. The van der Waals surface area contributed by atoms with Crippen LogP contribution in [0.5, 0.6) is 17.2 Å². The average Bonchev–Trinajstić information content (AvgIpc) is 2.84. The minimum atomic E-state index is -0.0893. The largest absolute Gasteiger partial charge is 0.492 e. The van der Waals surface area contributed by atoms with Crippen molar-refractivity contribution in [3.8, 4) is 28.5 Å².